The third-order valence-corrected chi connectivity index (χ3v) is 5.94. The van der Waals surface area contributed by atoms with Gasteiger partial charge in [0.25, 0.3) is 5.91 Å². The highest BCUT2D eigenvalue weighted by molar-refractivity contribution is 6.01. The quantitative estimate of drug-likeness (QED) is 0.595. The van der Waals surface area contributed by atoms with E-state index in [1.807, 2.05) is 6.07 Å². The predicted molar refractivity (Wildman–Crippen MR) is 110 cm³/mol. The minimum atomic E-state index is -0.179. The number of fused-ring (bicyclic) bond motifs is 1. The van der Waals surface area contributed by atoms with Gasteiger partial charge in [-0.25, -0.2) is 0 Å². The van der Waals surface area contributed by atoms with E-state index in [9.17, 15) is 14.4 Å². The van der Waals surface area contributed by atoms with Crippen molar-refractivity contribution in [1.29, 1.82) is 0 Å². The number of anilines is 1. The molecule has 1 atom stereocenters. The highest BCUT2D eigenvalue weighted by atomic mass is 16.5. The van der Waals surface area contributed by atoms with E-state index >= 15 is 0 Å². The first-order valence-electron chi connectivity index (χ1n) is 10.8. The van der Waals surface area contributed by atoms with Gasteiger partial charge in [0.1, 0.15) is 6.61 Å². The molecule has 1 unspecified atom stereocenters. The number of nitrogens with one attached hydrogen (secondary N) is 3. The smallest absolute Gasteiger partial charge is 0.251 e. The average molecular weight is 415 g/mol. The highest BCUT2D eigenvalue weighted by Gasteiger charge is 2.33. The second kappa shape index (κ2) is 9.57. The summed E-state index contributed by atoms with van der Waals surface area (Å²) in [4.78, 5) is 36.7. The van der Waals surface area contributed by atoms with Gasteiger partial charge in [0.2, 0.25) is 11.8 Å². The summed E-state index contributed by atoms with van der Waals surface area (Å²) >= 11 is 0. The third kappa shape index (κ3) is 5.37. The maximum absolute atomic E-state index is 12.8. The molecule has 3 aliphatic rings. The van der Waals surface area contributed by atoms with Crippen LogP contribution in [-0.4, -0.2) is 56.2 Å². The Kier molecular flexibility index (Phi) is 6.64. The fraction of sp³-hybridized carbons (Fsp3) is 0.591. The van der Waals surface area contributed by atoms with Crippen LogP contribution in [0.5, 0.6) is 0 Å². The van der Waals surface area contributed by atoms with Crippen LogP contribution >= 0.6 is 0 Å². The van der Waals surface area contributed by atoms with Crippen LogP contribution in [0.3, 0.4) is 0 Å². The fourth-order valence-corrected chi connectivity index (χ4v) is 4.05. The molecule has 162 valence electrons. The van der Waals surface area contributed by atoms with Gasteiger partial charge in [-0.2, -0.15) is 0 Å². The second-order valence-electron chi connectivity index (χ2n) is 8.22. The van der Waals surface area contributed by atoms with Gasteiger partial charge in [-0.3, -0.25) is 14.4 Å². The van der Waals surface area contributed by atoms with Gasteiger partial charge < -0.3 is 25.4 Å². The van der Waals surface area contributed by atoms with Crippen molar-refractivity contribution < 1.29 is 23.9 Å². The maximum atomic E-state index is 12.8. The Morgan fingerprint density at radius 2 is 1.97 bits per heavy atom. The zero-order chi connectivity index (χ0) is 20.9. The van der Waals surface area contributed by atoms with Crippen molar-refractivity contribution in [2.75, 3.05) is 31.7 Å². The van der Waals surface area contributed by atoms with Gasteiger partial charge >= 0.3 is 0 Å². The molecule has 8 nitrogen and oxygen atoms in total. The van der Waals surface area contributed by atoms with E-state index in [0.29, 0.717) is 49.8 Å². The Hall–Kier alpha value is -2.45. The molecule has 2 aliphatic heterocycles. The van der Waals surface area contributed by atoms with Crippen molar-refractivity contribution in [3.63, 3.8) is 0 Å². The van der Waals surface area contributed by atoms with Crippen LogP contribution in [0.4, 0.5) is 5.69 Å². The lowest BCUT2D eigenvalue weighted by Crippen LogP contribution is -2.46. The number of carbonyl (C=O) groups is 3. The van der Waals surface area contributed by atoms with Crippen molar-refractivity contribution >= 4 is 23.4 Å². The topological polar surface area (TPSA) is 106 Å². The molecule has 30 heavy (non-hydrogen) atoms. The SMILES string of the molecule is O=C1CCc2c(cccc2C(=O)NCC(NC(=O)COC2CCOCC2)C2CC2)N1. The summed E-state index contributed by atoms with van der Waals surface area (Å²) in [5, 5.41) is 8.81. The summed E-state index contributed by atoms with van der Waals surface area (Å²) in [6, 6.07) is 5.26. The Morgan fingerprint density at radius 3 is 2.73 bits per heavy atom. The van der Waals surface area contributed by atoms with E-state index in [-0.39, 0.29) is 36.5 Å². The molecular formula is C22H29N3O5. The Morgan fingerprint density at radius 1 is 1.17 bits per heavy atom. The molecule has 0 spiro atoms. The standard InChI is InChI=1S/C22H29N3O5/c26-20-7-6-16-17(2-1-3-18(16)24-20)22(28)23-12-19(14-4-5-14)25-21(27)13-30-15-8-10-29-11-9-15/h1-3,14-15,19H,4-13H2,(H,23,28)(H,24,26)(H,25,27). The molecule has 2 heterocycles. The fourth-order valence-electron chi connectivity index (χ4n) is 4.05. The van der Waals surface area contributed by atoms with Crippen molar-refractivity contribution in [3.05, 3.63) is 29.3 Å². The largest absolute Gasteiger partial charge is 0.381 e. The molecule has 3 N–H and O–H groups in total. The molecule has 1 saturated carbocycles. The lowest BCUT2D eigenvalue weighted by Gasteiger charge is -2.24. The molecule has 0 radical (unpaired) electrons. The predicted octanol–water partition coefficient (Wildman–Crippen LogP) is 1.39. The monoisotopic (exact) mass is 415 g/mol. The minimum absolute atomic E-state index is 0.0282. The molecule has 1 aromatic carbocycles. The maximum Gasteiger partial charge on any atom is 0.251 e. The summed E-state index contributed by atoms with van der Waals surface area (Å²) in [6.07, 6.45) is 4.74. The van der Waals surface area contributed by atoms with Crippen LogP contribution in [0.2, 0.25) is 0 Å². The van der Waals surface area contributed by atoms with Gasteiger partial charge in [0.15, 0.2) is 0 Å². The summed E-state index contributed by atoms with van der Waals surface area (Å²) in [5.74, 6) is 0.0367. The van der Waals surface area contributed by atoms with Crippen LogP contribution in [0.1, 0.15) is 48.0 Å². The summed E-state index contributed by atoms with van der Waals surface area (Å²) in [5.41, 5.74) is 2.15. The summed E-state index contributed by atoms with van der Waals surface area (Å²) < 4.78 is 11.0. The third-order valence-electron chi connectivity index (χ3n) is 5.94. The first kappa shape index (κ1) is 20.8. The number of ether oxygens (including phenoxy) is 2. The molecule has 8 heteroatoms. The van der Waals surface area contributed by atoms with Crippen LogP contribution in [0, 0.1) is 5.92 Å². The molecule has 0 bridgehead atoms. The van der Waals surface area contributed by atoms with Gasteiger partial charge in [0, 0.05) is 43.5 Å². The highest BCUT2D eigenvalue weighted by Crippen LogP contribution is 2.32. The molecule has 1 aromatic rings. The van der Waals surface area contributed by atoms with Gasteiger partial charge in [-0.15, -0.1) is 0 Å². The van der Waals surface area contributed by atoms with E-state index in [4.69, 9.17) is 9.47 Å². The van der Waals surface area contributed by atoms with E-state index in [2.05, 4.69) is 16.0 Å². The Balaban J connectivity index is 1.29. The number of amides is 3. The molecular weight excluding hydrogens is 386 g/mol. The zero-order valence-corrected chi connectivity index (χ0v) is 17.1. The van der Waals surface area contributed by atoms with Gasteiger partial charge in [-0.1, -0.05) is 6.07 Å². The van der Waals surface area contributed by atoms with Crippen molar-refractivity contribution in [2.24, 2.45) is 5.92 Å². The number of benzene rings is 1. The van der Waals surface area contributed by atoms with Crippen molar-refractivity contribution in [2.45, 2.75) is 50.7 Å². The van der Waals surface area contributed by atoms with Gasteiger partial charge in [-0.05, 0) is 55.7 Å². The summed E-state index contributed by atoms with van der Waals surface area (Å²) in [7, 11) is 0. The second-order valence-corrected chi connectivity index (χ2v) is 8.22. The van der Waals surface area contributed by atoms with E-state index in [1.54, 1.807) is 12.1 Å². The summed E-state index contributed by atoms with van der Waals surface area (Å²) in [6.45, 7) is 1.77. The van der Waals surface area contributed by atoms with E-state index in [0.717, 1.165) is 31.2 Å². The first-order valence-corrected chi connectivity index (χ1v) is 10.8. The minimum Gasteiger partial charge on any atom is -0.381 e. The number of rotatable bonds is 8. The van der Waals surface area contributed by atoms with Gasteiger partial charge in [0.05, 0.1) is 6.10 Å². The number of hydrogen-bond donors (Lipinski definition) is 3. The number of hydrogen-bond acceptors (Lipinski definition) is 5. The van der Waals surface area contributed by atoms with E-state index < -0.39 is 0 Å². The molecule has 2 fully saturated rings. The van der Waals surface area contributed by atoms with Crippen molar-refractivity contribution in [1.82, 2.24) is 10.6 Å². The lowest BCUT2D eigenvalue weighted by molar-refractivity contribution is -0.130. The molecule has 0 aromatic heterocycles. The van der Waals surface area contributed by atoms with E-state index in [1.165, 1.54) is 0 Å². The Labute approximate surface area is 176 Å². The normalized spacial score (nSPS) is 20.1. The Bertz CT molecular complexity index is 802. The average Bonchev–Trinajstić information content (AvgIpc) is 3.60. The number of carbonyl (C=O) groups excluding carboxylic acids is 3. The molecule has 1 saturated heterocycles. The molecule has 3 amide bonds. The zero-order valence-electron chi connectivity index (χ0n) is 17.1. The van der Waals surface area contributed by atoms with Crippen LogP contribution in [0.25, 0.3) is 0 Å². The van der Waals surface area contributed by atoms with Crippen molar-refractivity contribution in [3.8, 4) is 0 Å². The van der Waals surface area contributed by atoms with Crippen LogP contribution in [0.15, 0.2) is 18.2 Å². The molecule has 1 aliphatic carbocycles. The molecule has 4 rings (SSSR count). The lowest BCUT2D eigenvalue weighted by atomic mass is 9.96. The van der Waals surface area contributed by atoms with Crippen LogP contribution in [-0.2, 0) is 25.5 Å². The van der Waals surface area contributed by atoms with Crippen LogP contribution < -0.4 is 16.0 Å². The first-order chi connectivity index (χ1) is 14.6.